The van der Waals surface area contributed by atoms with Crippen molar-refractivity contribution in [3.8, 4) is 11.5 Å². The van der Waals surface area contributed by atoms with Crippen LogP contribution >= 0.6 is 0 Å². The van der Waals surface area contributed by atoms with Crippen molar-refractivity contribution in [1.29, 1.82) is 0 Å². The first-order valence-electron chi connectivity index (χ1n) is 10.4. The molecule has 32 heavy (non-hydrogen) atoms. The Hall–Kier alpha value is -2.98. The number of carbonyl (C=O) groups is 1. The van der Waals surface area contributed by atoms with E-state index in [0.29, 0.717) is 48.2 Å². The number of sulfonamides is 1. The maximum Gasteiger partial charge on any atom is 0.243 e. The lowest BCUT2D eigenvalue weighted by Crippen LogP contribution is -2.30. The first-order valence-corrected chi connectivity index (χ1v) is 11.9. The van der Waals surface area contributed by atoms with Gasteiger partial charge in [0.25, 0.3) is 0 Å². The van der Waals surface area contributed by atoms with Crippen molar-refractivity contribution in [1.82, 2.24) is 4.31 Å². The average Bonchev–Trinajstić information content (AvgIpc) is 2.79. The number of carbonyl (C=O) groups excluding carboxylic acids is 1. The monoisotopic (exact) mass is 464 g/mol. The minimum absolute atomic E-state index is 0.0759. The first kappa shape index (κ1) is 25.3. The van der Waals surface area contributed by atoms with Gasteiger partial charge in [0.2, 0.25) is 15.9 Å². The molecule has 0 radical (unpaired) electrons. The number of amides is 1. The van der Waals surface area contributed by atoms with Crippen molar-refractivity contribution in [2.45, 2.75) is 25.7 Å². The Morgan fingerprint density at radius 3 is 2.22 bits per heavy atom. The van der Waals surface area contributed by atoms with Gasteiger partial charge in [0.05, 0.1) is 42.7 Å². The van der Waals surface area contributed by atoms with E-state index in [1.165, 1.54) is 18.5 Å². The van der Waals surface area contributed by atoms with Crippen molar-refractivity contribution in [3.63, 3.8) is 0 Å². The Bertz CT molecular complexity index is 1020. The third-order valence-electron chi connectivity index (χ3n) is 4.82. The second-order valence-corrected chi connectivity index (χ2v) is 8.73. The number of hydrogen-bond acceptors (Lipinski definition) is 7. The molecule has 3 N–H and O–H groups in total. The highest BCUT2D eigenvalue weighted by Gasteiger charge is 2.22. The number of nitrogens with zero attached hydrogens (tertiary/aromatic N) is 1. The summed E-state index contributed by atoms with van der Waals surface area (Å²) in [5.41, 5.74) is 1.70. The zero-order chi connectivity index (χ0) is 23.7. The van der Waals surface area contributed by atoms with E-state index < -0.39 is 10.0 Å². The Balaban J connectivity index is 2.23. The Morgan fingerprint density at radius 2 is 1.62 bits per heavy atom. The normalized spacial score (nSPS) is 11.2. The van der Waals surface area contributed by atoms with Crippen molar-refractivity contribution >= 4 is 33.0 Å². The lowest BCUT2D eigenvalue weighted by Gasteiger charge is -2.20. The molecule has 0 aromatic heterocycles. The van der Waals surface area contributed by atoms with Crippen LogP contribution in [-0.2, 0) is 14.8 Å². The second-order valence-electron chi connectivity index (χ2n) is 6.79. The zero-order valence-electron chi connectivity index (χ0n) is 19.2. The summed E-state index contributed by atoms with van der Waals surface area (Å²) in [4.78, 5) is 12.8. The smallest absolute Gasteiger partial charge is 0.243 e. The summed E-state index contributed by atoms with van der Waals surface area (Å²) in [6, 6.07) is 9.91. The average molecular weight is 465 g/mol. The molecular formula is C22H32N4O5S. The molecule has 0 spiro atoms. The predicted molar refractivity (Wildman–Crippen MR) is 127 cm³/mol. The van der Waals surface area contributed by atoms with Crippen LogP contribution in [0.1, 0.15) is 20.8 Å². The summed E-state index contributed by atoms with van der Waals surface area (Å²) in [5, 5.41) is 9.01. The van der Waals surface area contributed by atoms with E-state index in [-0.39, 0.29) is 17.3 Å². The molecule has 0 heterocycles. The van der Waals surface area contributed by atoms with Crippen molar-refractivity contribution in [3.05, 3.63) is 36.4 Å². The SMILES string of the molecule is CCNc1ccc(S(=O)(=O)N(CC)CC)cc1NCC(=O)Nc1cc(OC)ccc1OC. The zero-order valence-corrected chi connectivity index (χ0v) is 20.0. The summed E-state index contributed by atoms with van der Waals surface area (Å²) in [6.07, 6.45) is 0. The van der Waals surface area contributed by atoms with Crippen LogP contribution in [0.15, 0.2) is 41.3 Å². The lowest BCUT2D eigenvalue weighted by molar-refractivity contribution is -0.114. The molecule has 0 saturated carbocycles. The maximum atomic E-state index is 12.9. The van der Waals surface area contributed by atoms with Crippen LogP contribution in [-0.4, -0.2) is 59.0 Å². The fourth-order valence-corrected chi connectivity index (χ4v) is 4.65. The van der Waals surface area contributed by atoms with Crippen molar-refractivity contribution < 1.29 is 22.7 Å². The summed E-state index contributed by atoms with van der Waals surface area (Å²) in [5.74, 6) is 0.758. The van der Waals surface area contributed by atoms with Gasteiger partial charge in [0.1, 0.15) is 11.5 Å². The molecule has 0 fully saturated rings. The molecule has 0 aliphatic rings. The molecule has 2 rings (SSSR count). The van der Waals surface area contributed by atoms with Crippen LogP contribution < -0.4 is 25.4 Å². The molecule has 0 aliphatic carbocycles. The van der Waals surface area contributed by atoms with Gasteiger partial charge >= 0.3 is 0 Å². The quantitative estimate of drug-likeness (QED) is 0.442. The maximum absolute atomic E-state index is 12.9. The minimum atomic E-state index is -3.62. The van der Waals surface area contributed by atoms with E-state index in [0.717, 1.165) is 0 Å². The van der Waals surface area contributed by atoms with Gasteiger partial charge in [-0.2, -0.15) is 4.31 Å². The number of ether oxygens (including phenoxy) is 2. The Labute approximate surface area is 190 Å². The molecule has 0 bridgehead atoms. The summed E-state index contributed by atoms with van der Waals surface area (Å²) < 4.78 is 37.7. The van der Waals surface area contributed by atoms with E-state index >= 15 is 0 Å². The van der Waals surface area contributed by atoms with E-state index in [2.05, 4.69) is 16.0 Å². The molecule has 176 valence electrons. The highest BCUT2D eigenvalue weighted by Crippen LogP contribution is 2.29. The van der Waals surface area contributed by atoms with Gasteiger partial charge in [-0.25, -0.2) is 8.42 Å². The molecule has 0 saturated heterocycles. The van der Waals surface area contributed by atoms with Crippen LogP contribution in [0.5, 0.6) is 11.5 Å². The number of methoxy groups -OCH3 is 2. The fourth-order valence-electron chi connectivity index (χ4n) is 3.17. The van der Waals surface area contributed by atoms with E-state index in [4.69, 9.17) is 9.47 Å². The van der Waals surface area contributed by atoms with Crippen LogP contribution in [0.3, 0.4) is 0 Å². The molecular weight excluding hydrogens is 432 g/mol. The van der Waals surface area contributed by atoms with Crippen LogP contribution in [0, 0.1) is 0 Å². The number of anilines is 3. The summed E-state index contributed by atoms with van der Waals surface area (Å²) in [6.45, 7) is 6.85. The Morgan fingerprint density at radius 1 is 0.906 bits per heavy atom. The number of nitrogens with one attached hydrogen (secondary N) is 3. The lowest BCUT2D eigenvalue weighted by atomic mass is 10.2. The van der Waals surface area contributed by atoms with Gasteiger partial charge in [-0.05, 0) is 37.3 Å². The largest absolute Gasteiger partial charge is 0.497 e. The van der Waals surface area contributed by atoms with Gasteiger partial charge in [-0.3, -0.25) is 4.79 Å². The highest BCUT2D eigenvalue weighted by molar-refractivity contribution is 7.89. The Kier molecular flexibility index (Phi) is 9.15. The second kappa shape index (κ2) is 11.6. The van der Waals surface area contributed by atoms with Gasteiger partial charge in [0.15, 0.2) is 0 Å². The van der Waals surface area contributed by atoms with Gasteiger partial charge in [-0.15, -0.1) is 0 Å². The van der Waals surface area contributed by atoms with E-state index in [1.807, 2.05) is 6.92 Å². The van der Waals surface area contributed by atoms with Crippen molar-refractivity contribution in [2.24, 2.45) is 0 Å². The van der Waals surface area contributed by atoms with Gasteiger partial charge in [-0.1, -0.05) is 13.8 Å². The van der Waals surface area contributed by atoms with E-state index in [9.17, 15) is 13.2 Å². The van der Waals surface area contributed by atoms with Crippen molar-refractivity contribution in [2.75, 3.05) is 56.3 Å². The molecule has 2 aromatic carbocycles. The predicted octanol–water partition coefficient (Wildman–Crippen LogP) is 3.22. The summed E-state index contributed by atoms with van der Waals surface area (Å²) >= 11 is 0. The van der Waals surface area contributed by atoms with Gasteiger partial charge < -0.3 is 25.4 Å². The molecule has 10 heteroatoms. The van der Waals surface area contributed by atoms with Crippen LogP contribution in [0.4, 0.5) is 17.1 Å². The fraction of sp³-hybridized carbons (Fsp3) is 0.409. The number of rotatable bonds is 12. The highest BCUT2D eigenvalue weighted by atomic mass is 32.2. The standard InChI is InChI=1S/C22H32N4O5S/c1-6-23-18-11-10-17(32(28,29)26(7-2)8-3)14-19(18)24-15-22(27)25-20-13-16(30-4)9-12-21(20)31-5/h9-14,23-24H,6-8,15H2,1-5H3,(H,25,27). The third-order valence-corrected chi connectivity index (χ3v) is 6.87. The van der Waals surface area contributed by atoms with E-state index in [1.54, 1.807) is 50.2 Å². The molecule has 1 amide bonds. The topological polar surface area (TPSA) is 109 Å². The first-order chi connectivity index (χ1) is 15.3. The minimum Gasteiger partial charge on any atom is -0.497 e. The number of hydrogen-bond donors (Lipinski definition) is 3. The van der Waals surface area contributed by atoms with Gasteiger partial charge in [0, 0.05) is 25.7 Å². The summed E-state index contributed by atoms with van der Waals surface area (Å²) in [7, 11) is -0.572. The molecule has 0 atom stereocenters. The molecule has 2 aromatic rings. The van der Waals surface area contributed by atoms with Crippen LogP contribution in [0.25, 0.3) is 0 Å². The molecule has 0 unspecified atom stereocenters. The third kappa shape index (κ3) is 6.04. The molecule has 9 nitrogen and oxygen atoms in total. The van der Waals surface area contributed by atoms with Crippen LogP contribution in [0.2, 0.25) is 0 Å². The molecule has 0 aliphatic heterocycles. The number of benzene rings is 2.